The zero-order valence-corrected chi connectivity index (χ0v) is 12.6. The number of hydrogen-bond donors (Lipinski definition) is 1. The van der Waals surface area contributed by atoms with Gasteiger partial charge in [-0.2, -0.15) is 0 Å². The van der Waals surface area contributed by atoms with Gasteiger partial charge in [0, 0.05) is 18.6 Å². The zero-order chi connectivity index (χ0) is 13.6. The van der Waals surface area contributed by atoms with Gasteiger partial charge in [-0.3, -0.25) is 0 Å². The molecule has 0 amide bonds. The number of anilines is 2. The van der Waals surface area contributed by atoms with Crippen LogP contribution in [-0.4, -0.2) is 18.6 Å². The van der Waals surface area contributed by atoms with Gasteiger partial charge in [-0.25, -0.2) is 0 Å². The van der Waals surface area contributed by atoms with E-state index in [1.807, 2.05) is 0 Å². The minimum atomic E-state index is 0.146. The lowest BCUT2D eigenvalue weighted by Crippen LogP contribution is -2.46. The summed E-state index contributed by atoms with van der Waals surface area (Å²) in [4.78, 5) is 2.53. The third kappa shape index (κ3) is 2.63. The molecular formula is C16H26N2. The summed E-state index contributed by atoms with van der Waals surface area (Å²) in [5.41, 5.74) is 4.34. The van der Waals surface area contributed by atoms with Gasteiger partial charge in [0.25, 0.3) is 0 Å². The topological polar surface area (TPSA) is 15.3 Å². The third-order valence-electron chi connectivity index (χ3n) is 3.60. The van der Waals surface area contributed by atoms with Crippen molar-refractivity contribution in [3.8, 4) is 0 Å². The molecule has 2 nitrogen and oxygen atoms in total. The molecule has 18 heavy (non-hydrogen) atoms. The smallest absolute Gasteiger partial charge is 0.0606 e. The van der Waals surface area contributed by atoms with Crippen LogP contribution in [0.4, 0.5) is 11.4 Å². The Balaban J connectivity index is 2.50. The van der Waals surface area contributed by atoms with E-state index in [9.17, 15) is 0 Å². The SMILES string of the molecule is Cc1ccc2c(c1)NCC(C)(C)CN2C(C)(C)C. The van der Waals surface area contributed by atoms with Crippen LogP contribution in [0.25, 0.3) is 0 Å². The van der Waals surface area contributed by atoms with E-state index < -0.39 is 0 Å². The van der Waals surface area contributed by atoms with Gasteiger partial charge >= 0.3 is 0 Å². The Morgan fingerprint density at radius 2 is 1.89 bits per heavy atom. The average Bonchev–Trinajstić information content (AvgIpc) is 2.35. The van der Waals surface area contributed by atoms with Crippen LogP contribution in [0, 0.1) is 12.3 Å². The number of rotatable bonds is 0. The second-order valence-corrected chi connectivity index (χ2v) is 7.30. The fraction of sp³-hybridized carbons (Fsp3) is 0.625. The van der Waals surface area contributed by atoms with Crippen LogP contribution in [0.1, 0.15) is 40.2 Å². The molecule has 0 atom stereocenters. The van der Waals surface area contributed by atoms with E-state index in [0.29, 0.717) is 0 Å². The monoisotopic (exact) mass is 246 g/mol. The number of nitrogens with zero attached hydrogens (tertiary/aromatic N) is 1. The lowest BCUT2D eigenvalue weighted by atomic mass is 9.91. The Bertz CT molecular complexity index is 441. The van der Waals surface area contributed by atoms with Crippen molar-refractivity contribution in [3.63, 3.8) is 0 Å². The van der Waals surface area contributed by atoms with Gasteiger partial charge in [0.05, 0.1) is 11.4 Å². The van der Waals surface area contributed by atoms with Crippen LogP contribution in [0.5, 0.6) is 0 Å². The molecule has 1 N–H and O–H groups in total. The van der Waals surface area contributed by atoms with E-state index in [1.165, 1.54) is 16.9 Å². The van der Waals surface area contributed by atoms with Crippen LogP contribution in [0.3, 0.4) is 0 Å². The summed E-state index contributed by atoms with van der Waals surface area (Å²) in [6.07, 6.45) is 0. The first-order chi connectivity index (χ1) is 8.19. The van der Waals surface area contributed by atoms with Crippen molar-refractivity contribution in [2.24, 2.45) is 5.41 Å². The maximum Gasteiger partial charge on any atom is 0.0606 e. The summed E-state index contributed by atoms with van der Waals surface area (Å²) in [5, 5.41) is 3.62. The molecule has 1 aliphatic rings. The van der Waals surface area contributed by atoms with Gasteiger partial charge in [0.15, 0.2) is 0 Å². The third-order valence-corrected chi connectivity index (χ3v) is 3.60. The second-order valence-electron chi connectivity index (χ2n) is 7.30. The summed E-state index contributed by atoms with van der Waals surface area (Å²) < 4.78 is 0. The molecule has 1 aromatic carbocycles. The Hall–Kier alpha value is -1.18. The fourth-order valence-corrected chi connectivity index (χ4v) is 2.53. The fourth-order valence-electron chi connectivity index (χ4n) is 2.53. The van der Waals surface area contributed by atoms with E-state index in [4.69, 9.17) is 0 Å². The van der Waals surface area contributed by atoms with Crippen molar-refractivity contribution in [2.45, 2.75) is 47.1 Å². The van der Waals surface area contributed by atoms with Crippen molar-refractivity contribution in [1.82, 2.24) is 0 Å². The molecular weight excluding hydrogens is 220 g/mol. The first-order valence-electron chi connectivity index (χ1n) is 6.81. The van der Waals surface area contributed by atoms with Crippen molar-refractivity contribution >= 4 is 11.4 Å². The molecule has 1 heterocycles. The minimum Gasteiger partial charge on any atom is -0.383 e. The Kier molecular flexibility index (Phi) is 3.08. The molecule has 0 aliphatic carbocycles. The van der Waals surface area contributed by atoms with Gasteiger partial charge < -0.3 is 10.2 Å². The molecule has 0 spiro atoms. The molecule has 0 aromatic heterocycles. The summed E-state index contributed by atoms with van der Waals surface area (Å²) in [5.74, 6) is 0. The number of aryl methyl sites for hydroxylation is 1. The standard InChI is InChI=1S/C16H26N2/c1-12-7-8-14-13(9-12)17-10-16(5,6)11-18(14)15(2,3)4/h7-9,17H,10-11H2,1-6H3. The summed E-state index contributed by atoms with van der Waals surface area (Å²) in [6.45, 7) is 15.8. The normalized spacial score (nSPS) is 18.9. The zero-order valence-electron chi connectivity index (χ0n) is 12.6. The molecule has 0 fully saturated rings. The van der Waals surface area contributed by atoms with Gasteiger partial charge in [-0.1, -0.05) is 19.9 Å². The molecule has 0 unspecified atom stereocenters. The van der Waals surface area contributed by atoms with E-state index in [-0.39, 0.29) is 11.0 Å². The lowest BCUT2D eigenvalue weighted by Gasteiger charge is -2.41. The van der Waals surface area contributed by atoms with Crippen molar-refractivity contribution in [2.75, 3.05) is 23.3 Å². The van der Waals surface area contributed by atoms with E-state index in [1.54, 1.807) is 0 Å². The summed E-state index contributed by atoms with van der Waals surface area (Å²) in [7, 11) is 0. The Labute approximate surface area is 111 Å². The molecule has 0 saturated heterocycles. The van der Waals surface area contributed by atoms with Crippen LogP contribution in [0.15, 0.2) is 18.2 Å². The van der Waals surface area contributed by atoms with E-state index >= 15 is 0 Å². The van der Waals surface area contributed by atoms with Crippen molar-refractivity contribution in [3.05, 3.63) is 23.8 Å². The number of fused-ring (bicyclic) bond motifs is 1. The van der Waals surface area contributed by atoms with Gasteiger partial charge in [-0.15, -0.1) is 0 Å². The van der Waals surface area contributed by atoms with Gasteiger partial charge in [-0.05, 0) is 50.8 Å². The molecule has 0 radical (unpaired) electrons. The predicted molar refractivity (Wildman–Crippen MR) is 80.5 cm³/mol. The highest BCUT2D eigenvalue weighted by Gasteiger charge is 2.32. The van der Waals surface area contributed by atoms with Crippen LogP contribution in [-0.2, 0) is 0 Å². The molecule has 2 rings (SSSR count). The number of nitrogens with one attached hydrogen (secondary N) is 1. The maximum atomic E-state index is 3.62. The number of benzene rings is 1. The quantitative estimate of drug-likeness (QED) is 0.743. The van der Waals surface area contributed by atoms with Crippen molar-refractivity contribution < 1.29 is 0 Å². The molecule has 0 bridgehead atoms. The van der Waals surface area contributed by atoms with E-state index in [2.05, 4.69) is 70.0 Å². The van der Waals surface area contributed by atoms with Crippen LogP contribution >= 0.6 is 0 Å². The average molecular weight is 246 g/mol. The largest absolute Gasteiger partial charge is 0.383 e. The highest BCUT2D eigenvalue weighted by atomic mass is 15.2. The van der Waals surface area contributed by atoms with Gasteiger partial charge in [0.1, 0.15) is 0 Å². The molecule has 1 aliphatic heterocycles. The number of hydrogen-bond acceptors (Lipinski definition) is 2. The molecule has 100 valence electrons. The second kappa shape index (κ2) is 4.18. The summed E-state index contributed by atoms with van der Waals surface area (Å²) >= 11 is 0. The lowest BCUT2D eigenvalue weighted by molar-refractivity contribution is 0.356. The molecule has 0 saturated carbocycles. The van der Waals surface area contributed by atoms with Crippen molar-refractivity contribution in [1.29, 1.82) is 0 Å². The summed E-state index contributed by atoms with van der Waals surface area (Å²) in [6, 6.07) is 6.72. The molecule has 1 aromatic rings. The van der Waals surface area contributed by atoms with Gasteiger partial charge in [0.2, 0.25) is 0 Å². The van der Waals surface area contributed by atoms with Crippen LogP contribution < -0.4 is 10.2 Å². The Morgan fingerprint density at radius 1 is 1.22 bits per heavy atom. The Morgan fingerprint density at radius 3 is 2.50 bits per heavy atom. The highest BCUT2D eigenvalue weighted by Crippen LogP contribution is 2.37. The predicted octanol–water partition coefficient (Wildman–Crippen LogP) is 4.05. The molecule has 2 heteroatoms. The maximum absolute atomic E-state index is 3.62. The van der Waals surface area contributed by atoms with E-state index in [0.717, 1.165) is 13.1 Å². The minimum absolute atomic E-state index is 0.146. The highest BCUT2D eigenvalue weighted by molar-refractivity contribution is 5.73. The first-order valence-corrected chi connectivity index (χ1v) is 6.81. The first kappa shape index (κ1) is 13.3. The van der Waals surface area contributed by atoms with Crippen LogP contribution in [0.2, 0.25) is 0 Å².